The van der Waals surface area contributed by atoms with Gasteiger partial charge in [0.05, 0.1) is 12.4 Å². The normalized spacial score (nSPS) is 15.1. The van der Waals surface area contributed by atoms with E-state index in [9.17, 15) is 4.79 Å². The minimum absolute atomic E-state index is 0.168. The molecule has 1 saturated carbocycles. The molecule has 2 N–H and O–H groups in total. The Morgan fingerprint density at radius 2 is 2.05 bits per heavy atom. The predicted octanol–water partition coefficient (Wildman–Crippen LogP) is 2.19. The van der Waals surface area contributed by atoms with Crippen LogP contribution in [0.15, 0.2) is 23.0 Å². The van der Waals surface area contributed by atoms with Gasteiger partial charge in [0.1, 0.15) is 17.3 Å². The molecule has 7 heteroatoms. The van der Waals surface area contributed by atoms with Gasteiger partial charge in [-0.15, -0.1) is 0 Å². The fourth-order valence-electron chi connectivity index (χ4n) is 2.40. The zero-order valence-corrected chi connectivity index (χ0v) is 11.8. The quantitative estimate of drug-likeness (QED) is 0.895. The van der Waals surface area contributed by atoms with Gasteiger partial charge >= 0.3 is 0 Å². The molecule has 0 spiro atoms. The molecule has 2 aromatic rings. The van der Waals surface area contributed by atoms with E-state index in [1.807, 2.05) is 0 Å². The number of aryl methyl sites for hydroxylation is 1. The SMILES string of the molecule is Cc1cc(Nc2cnc(C(=O)NC3CCCC3)cn2)no1. The van der Waals surface area contributed by atoms with E-state index >= 15 is 0 Å². The summed E-state index contributed by atoms with van der Waals surface area (Å²) in [5, 5.41) is 9.74. The summed E-state index contributed by atoms with van der Waals surface area (Å²) in [6, 6.07) is 2.03. The minimum Gasteiger partial charge on any atom is -0.360 e. The lowest BCUT2D eigenvalue weighted by molar-refractivity contribution is 0.0932. The molecule has 21 heavy (non-hydrogen) atoms. The van der Waals surface area contributed by atoms with Crippen LogP contribution in [0.5, 0.6) is 0 Å². The van der Waals surface area contributed by atoms with Gasteiger partial charge in [0.2, 0.25) is 0 Å². The highest BCUT2D eigenvalue weighted by Gasteiger charge is 2.18. The number of carbonyl (C=O) groups is 1. The summed E-state index contributed by atoms with van der Waals surface area (Å²) in [5.74, 6) is 1.61. The van der Waals surface area contributed by atoms with Gasteiger partial charge < -0.3 is 15.2 Å². The molecule has 7 nitrogen and oxygen atoms in total. The highest BCUT2D eigenvalue weighted by atomic mass is 16.5. The van der Waals surface area contributed by atoms with Gasteiger partial charge in [-0.05, 0) is 19.8 Å². The van der Waals surface area contributed by atoms with Crippen LogP contribution in [-0.2, 0) is 0 Å². The first kappa shape index (κ1) is 13.5. The van der Waals surface area contributed by atoms with Crippen molar-refractivity contribution in [3.05, 3.63) is 29.9 Å². The van der Waals surface area contributed by atoms with Crippen LogP contribution in [0.2, 0.25) is 0 Å². The maximum atomic E-state index is 12.0. The number of nitrogens with zero attached hydrogens (tertiary/aromatic N) is 3. The lowest BCUT2D eigenvalue weighted by atomic mass is 10.2. The van der Waals surface area contributed by atoms with Gasteiger partial charge in [-0.25, -0.2) is 9.97 Å². The number of aromatic nitrogens is 3. The summed E-state index contributed by atoms with van der Waals surface area (Å²) in [4.78, 5) is 20.3. The molecule has 1 fully saturated rings. The molecule has 110 valence electrons. The van der Waals surface area contributed by atoms with Crippen molar-refractivity contribution in [2.45, 2.75) is 38.6 Å². The van der Waals surface area contributed by atoms with E-state index in [-0.39, 0.29) is 11.9 Å². The number of nitrogens with one attached hydrogen (secondary N) is 2. The molecule has 0 radical (unpaired) electrons. The second kappa shape index (κ2) is 5.90. The molecule has 0 bridgehead atoms. The zero-order chi connectivity index (χ0) is 14.7. The number of carbonyl (C=O) groups excluding carboxylic acids is 1. The lowest BCUT2D eigenvalue weighted by Gasteiger charge is -2.11. The van der Waals surface area contributed by atoms with Crippen LogP contribution in [-0.4, -0.2) is 27.1 Å². The third-order valence-corrected chi connectivity index (χ3v) is 3.46. The summed E-state index contributed by atoms with van der Waals surface area (Å²) < 4.78 is 4.95. The van der Waals surface area contributed by atoms with Crippen molar-refractivity contribution in [3.63, 3.8) is 0 Å². The molecule has 0 aliphatic heterocycles. The van der Waals surface area contributed by atoms with E-state index in [4.69, 9.17) is 4.52 Å². The first-order chi connectivity index (χ1) is 10.2. The Kier molecular flexibility index (Phi) is 3.81. The highest BCUT2D eigenvalue weighted by Crippen LogP contribution is 2.18. The summed E-state index contributed by atoms with van der Waals surface area (Å²) in [6.07, 6.45) is 7.41. The van der Waals surface area contributed by atoms with E-state index in [1.54, 1.807) is 13.0 Å². The van der Waals surface area contributed by atoms with E-state index in [0.717, 1.165) is 12.8 Å². The fraction of sp³-hybridized carbons (Fsp3) is 0.429. The van der Waals surface area contributed by atoms with E-state index in [2.05, 4.69) is 25.8 Å². The van der Waals surface area contributed by atoms with Crippen molar-refractivity contribution in [2.24, 2.45) is 0 Å². The maximum absolute atomic E-state index is 12.0. The molecule has 1 aliphatic rings. The van der Waals surface area contributed by atoms with Gasteiger partial charge in [-0.3, -0.25) is 4.79 Å². The maximum Gasteiger partial charge on any atom is 0.271 e. The van der Waals surface area contributed by atoms with Gasteiger partial charge in [-0.2, -0.15) is 0 Å². The third kappa shape index (κ3) is 3.36. The van der Waals surface area contributed by atoms with Gasteiger partial charge in [-0.1, -0.05) is 18.0 Å². The first-order valence-electron chi connectivity index (χ1n) is 7.04. The van der Waals surface area contributed by atoms with Crippen molar-refractivity contribution < 1.29 is 9.32 Å². The monoisotopic (exact) mass is 287 g/mol. The second-order valence-corrected chi connectivity index (χ2v) is 5.19. The van der Waals surface area contributed by atoms with Crippen LogP contribution >= 0.6 is 0 Å². The molecule has 2 aromatic heterocycles. The minimum atomic E-state index is -0.168. The second-order valence-electron chi connectivity index (χ2n) is 5.19. The Labute approximate surface area is 122 Å². The number of anilines is 2. The molecule has 3 rings (SSSR count). The molecule has 1 aliphatic carbocycles. The van der Waals surface area contributed by atoms with Crippen molar-refractivity contribution in [1.29, 1.82) is 0 Å². The predicted molar refractivity (Wildman–Crippen MR) is 76.3 cm³/mol. The van der Waals surface area contributed by atoms with Crippen LogP contribution in [0.4, 0.5) is 11.6 Å². The topological polar surface area (TPSA) is 92.9 Å². The average molecular weight is 287 g/mol. The summed E-state index contributed by atoms with van der Waals surface area (Å²) in [6.45, 7) is 1.81. The number of hydrogen-bond donors (Lipinski definition) is 2. The molecule has 0 atom stereocenters. The smallest absolute Gasteiger partial charge is 0.271 e. The number of rotatable bonds is 4. The Balaban J connectivity index is 1.61. The molecule has 0 unspecified atom stereocenters. The number of hydrogen-bond acceptors (Lipinski definition) is 6. The van der Waals surface area contributed by atoms with Crippen LogP contribution < -0.4 is 10.6 Å². The lowest BCUT2D eigenvalue weighted by Crippen LogP contribution is -2.33. The van der Waals surface area contributed by atoms with Crippen molar-refractivity contribution in [3.8, 4) is 0 Å². The standard InChI is InChI=1S/C14H17N5O2/c1-9-6-12(19-21-9)18-13-8-15-11(7-16-13)14(20)17-10-4-2-3-5-10/h6-8,10H,2-5H2,1H3,(H,17,20)(H,16,18,19). The number of amides is 1. The Morgan fingerprint density at radius 1 is 1.24 bits per heavy atom. The first-order valence-corrected chi connectivity index (χ1v) is 7.04. The summed E-state index contributed by atoms with van der Waals surface area (Å²) in [7, 11) is 0. The molecular weight excluding hydrogens is 270 g/mol. The van der Waals surface area contributed by atoms with Gasteiger partial charge in [0.25, 0.3) is 5.91 Å². The zero-order valence-electron chi connectivity index (χ0n) is 11.8. The fourth-order valence-corrected chi connectivity index (χ4v) is 2.40. The van der Waals surface area contributed by atoms with Crippen molar-refractivity contribution in [1.82, 2.24) is 20.4 Å². The summed E-state index contributed by atoms with van der Waals surface area (Å²) >= 11 is 0. The molecule has 1 amide bonds. The van der Waals surface area contributed by atoms with Gasteiger partial charge in [0, 0.05) is 12.1 Å². The summed E-state index contributed by atoms with van der Waals surface area (Å²) in [5.41, 5.74) is 0.323. The Hall–Kier alpha value is -2.44. The molecular formula is C14H17N5O2. The average Bonchev–Trinajstić information content (AvgIpc) is 3.12. The van der Waals surface area contributed by atoms with Gasteiger partial charge in [0.15, 0.2) is 5.82 Å². The van der Waals surface area contributed by atoms with Crippen molar-refractivity contribution >= 4 is 17.5 Å². The van der Waals surface area contributed by atoms with Crippen LogP contribution in [0, 0.1) is 6.92 Å². The molecule has 0 saturated heterocycles. The Bertz CT molecular complexity index is 617. The molecule has 2 heterocycles. The van der Waals surface area contributed by atoms with Crippen molar-refractivity contribution in [2.75, 3.05) is 5.32 Å². The van der Waals surface area contributed by atoms with Crippen LogP contribution in [0.3, 0.4) is 0 Å². The van der Waals surface area contributed by atoms with Crippen LogP contribution in [0.1, 0.15) is 41.9 Å². The largest absolute Gasteiger partial charge is 0.360 e. The van der Waals surface area contributed by atoms with E-state index in [1.165, 1.54) is 25.2 Å². The van der Waals surface area contributed by atoms with E-state index in [0.29, 0.717) is 23.1 Å². The van der Waals surface area contributed by atoms with Crippen LogP contribution in [0.25, 0.3) is 0 Å². The molecule has 0 aromatic carbocycles. The third-order valence-electron chi connectivity index (χ3n) is 3.46. The van der Waals surface area contributed by atoms with E-state index < -0.39 is 0 Å². The highest BCUT2D eigenvalue weighted by molar-refractivity contribution is 5.92. The Morgan fingerprint density at radius 3 is 2.67 bits per heavy atom.